The molecule has 0 fully saturated rings. The molecule has 0 saturated heterocycles. The Morgan fingerprint density at radius 2 is 2.08 bits per heavy atom. The van der Waals surface area contributed by atoms with E-state index in [-0.39, 0.29) is 6.54 Å². The van der Waals surface area contributed by atoms with Gasteiger partial charge < -0.3 is 15.3 Å². The van der Waals surface area contributed by atoms with E-state index in [2.05, 4.69) is 16.5 Å². The molecule has 0 radical (unpaired) electrons. The van der Waals surface area contributed by atoms with Crippen molar-refractivity contribution in [2.75, 3.05) is 0 Å². The maximum atomic E-state index is 10.7. The van der Waals surface area contributed by atoms with E-state index in [1.165, 1.54) is 5.56 Å². The van der Waals surface area contributed by atoms with Crippen molar-refractivity contribution in [3.05, 3.63) is 69.7 Å². The summed E-state index contributed by atoms with van der Waals surface area (Å²) in [6, 6.07) is 13.5. The molecule has 0 aliphatic heterocycles. The first kappa shape index (κ1) is 18.8. The van der Waals surface area contributed by atoms with E-state index in [0.29, 0.717) is 23.6 Å². The van der Waals surface area contributed by atoms with Crippen molar-refractivity contribution >= 4 is 23.4 Å². The molecule has 2 aromatic rings. The number of rotatable bonds is 7. The lowest BCUT2D eigenvalue weighted by Gasteiger charge is -2.09. The summed E-state index contributed by atoms with van der Waals surface area (Å²) in [7, 11) is 0. The summed E-state index contributed by atoms with van der Waals surface area (Å²) in [5.74, 6) is 0. The summed E-state index contributed by atoms with van der Waals surface area (Å²) in [5.41, 5.74) is 4.57. The molecule has 6 heteroatoms. The number of hydrogen-bond acceptors (Lipinski definition) is 3. The number of benzene rings is 2. The van der Waals surface area contributed by atoms with Crippen LogP contribution in [0.25, 0.3) is 0 Å². The number of amides is 1. The fourth-order valence-electron chi connectivity index (χ4n) is 2.37. The van der Waals surface area contributed by atoms with Crippen molar-refractivity contribution < 1.29 is 14.7 Å². The molecule has 0 aromatic heterocycles. The van der Waals surface area contributed by atoms with E-state index in [4.69, 9.17) is 21.5 Å². The van der Waals surface area contributed by atoms with Gasteiger partial charge in [0.1, 0.15) is 6.61 Å². The molecule has 0 heterocycles. The molecule has 2 rings (SSSR count). The highest BCUT2D eigenvalue weighted by molar-refractivity contribution is 6.31. The van der Waals surface area contributed by atoms with Crippen LogP contribution in [-0.4, -0.2) is 16.9 Å². The average molecular weight is 361 g/mol. The third-order valence-electron chi connectivity index (χ3n) is 3.63. The average Bonchev–Trinajstić information content (AvgIpc) is 2.58. The van der Waals surface area contributed by atoms with Crippen LogP contribution in [0, 0.1) is 6.92 Å². The van der Waals surface area contributed by atoms with Gasteiger partial charge in [-0.2, -0.15) is 0 Å². The summed E-state index contributed by atoms with van der Waals surface area (Å²) in [5, 5.41) is 15.8. The first-order chi connectivity index (χ1) is 12.0. The third kappa shape index (κ3) is 5.80. The Kier molecular flexibility index (Phi) is 6.83. The number of oxime groups is 1. The highest BCUT2D eigenvalue weighted by atomic mass is 35.5. The normalized spacial score (nSPS) is 11.2. The van der Waals surface area contributed by atoms with Crippen LogP contribution in [0.4, 0.5) is 4.79 Å². The van der Waals surface area contributed by atoms with E-state index in [1.807, 2.05) is 44.2 Å². The quantitative estimate of drug-likeness (QED) is 0.553. The molecule has 0 aliphatic rings. The minimum absolute atomic E-state index is 0.142. The van der Waals surface area contributed by atoms with Gasteiger partial charge in [0.2, 0.25) is 0 Å². The van der Waals surface area contributed by atoms with E-state index in [9.17, 15) is 4.79 Å². The van der Waals surface area contributed by atoms with Crippen molar-refractivity contribution in [3.63, 3.8) is 0 Å². The van der Waals surface area contributed by atoms with Crippen LogP contribution in [-0.2, 0) is 18.0 Å². The van der Waals surface area contributed by atoms with Crippen LogP contribution >= 0.6 is 11.6 Å². The fraction of sp³-hybridized carbons (Fsp3) is 0.263. The Labute approximate surface area is 152 Å². The smallest absolute Gasteiger partial charge is 0.404 e. The minimum atomic E-state index is -1.09. The molecule has 0 spiro atoms. The topological polar surface area (TPSA) is 70.9 Å². The van der Waals surface area contributed by atoms with Gasteiger partial charge in [0, 0.05) is 11.6 Å². The number of aryl methyl sites for hydroxylation is 1. The number of nitrogens with zero attached hydrogens (tertiary/aromatic N) is 1. The zero-order chi connectivity index (χ0) is 18.2. The summed E-state index contributed by atoms with van der Waals surface area (Å²) < 4.78 is 0. The van der Waals surface area contributed by atoms with Crippen molar-refractivity contribution in [1.82, 2.24) is 5.32 Å². The molecule has 0 unspecified atom stereocenters. The maximum absolute atomic E-state index is 10.7. The first-order valence-electron chi connectivity index (χ1n) is 7.99. The monoisotopic (exact) mass is 360 g/mol. The van der Waals surface area contributed by atoms with E-state index < -0.39 is 6.09 Å². The summed E-state index contributed by atoms with van der Waals surface area (Å²) in [6.45, 7) is 4.55. The van der Waals surface area contributed by atoms with Crippen molar-refractivity contribution in [2.24, 2.45) is 5.16 Å². The zero-order valence-corrected chi connectivity index (χ0v) is 15.0. The summed E-state index contributed by atoms with van der Waals surface area (Å²) >= 11 is 6.12. The van der Waals surface area contributed by atoms with Crippen LogP contribution in [0.2, 0.25) is 5.02 Å². The molecule has 0 aliphatic carbocycles. The molecule has 0 atom stereocenters. The lowest BCUT2D eigenvalue weighted by molar-refractivity contribution is 0.130. The Morgan fingerprint density at radius 1 is 1.28 bits per heavy atom. The van der Waals surface area contributed by atoms with Gasteiger partial charge in [0.15, 0.2) is 0 Å². The predicted octanol–water partition coefficient (Wildman–Crippen LogP) is 4.75. The number of nitrogens with one attached hydrogen (secondary N) is 1. The lowest BCUT2D eigenvalue weighted by atomic mass is 10.0. The highest BCUT2D eigenvalue weighted by Crippen LogP contribution is 2.19. The molecule has 132 valence electrons. The van der Waals surface area contributed by atoms with Crippen LogP contribution in [0.3, 0.4) is 0 Å². The third-order valence-corrected chi connectivity index (χ3v) is 4.00. The fourth-order valence-corrected chi connectivity index (χ4v) is 2.55. The number of carbonyl (C=O) groups is 1. The molecule has 0 saturated carbocycles. The Morgan fingerprint density at radius 3 is 2.76 bits per heavy atom. The maximum Gasteiger partial charge on any atom is 0.404 e. The SMILES string of the molecule is CCC(=NOCc1cccc(C)c1)c1ccc(Cl)c(CNC(=O)O)c1. The van der Waals surface area contributed by atoms with E-state index in [1.54, 1.807) is 6.07 Å². The Bertz CT molecular complexity index is 775. The Balaban J connectivity index is 2.10. The molecule has 5 nitrogen and oxygen atoms in total. The van der Waals surface area contributed by atoms with E-state index >= 15 is 0 Å². The van der Waals surface area contributed by atoms with Gasteiger partial charge in [-0.05, 0) is 42.2 Å². The molecule has 2 N–H and O–H groups in total. The molecule has 1 amide bonds. The zero-order valence-electron chi connectivity index (χ0n) is 14.3. The number of carboxylic acid groups (broad SMARTS) is 1. The van der Waals surface area contributed by atoms with Crippen molar-refractivity contribution in [1.29, 1.82) is 0 Å². The van der Waals surface area contributed by atoms with Crippen LogP contribution in [0.1, 0.15) is 35.6 Å². The van der Waals surface area contributed by atoms with Gasteiger partial charge in [-0.15, -0.1) is 0 Å². The van der Waals surface area contributed by atoms with Crippen LogP contribution in [0.5, 0.6) is 0 Å². The van der Waals surface area contributed by atoms with Crippen LogP contribution in [0.15, 0.2) is 47.6 Å². The molecule has 25 heavy (non-hydrogen) atoms. The van der Waals surface area contributed by atoms with Gasteiger partial charge in [-0.25, -0.2) is 4.79 Å². The first-order valence-corrected chi connectivity index (χ1v) is 8.37. The van der Waals surface area contributed by atoms with Gasteiger partial charge >= 0.3 is 6.09 Å². The number of hydrogen-bond donors (Lipinski definition) is 2. The molecular weight excluding hydrogens is 340 g/mol. The van der Waals surface area contributed by atoms with Crippen molar-refractivity contribution in [2.45, 2.75) is 33.4 Å². The van der Waals surface area contributed by atoms with Gasteiger partial charge in [-0.3, -0.25) is 0 Å². The summed E-state index contributed by atoms with van der Waals surface area (Å²) in [6.07, 6.45) is -0.409. The van der Waals surface area contributed by atoms with Crippen molar-refractivity contribution in [3.8, 4) is 0 Å². The second kappa shape index (κ2) is 9.08. The van der Waals surface area contributed by atoms with Gasteiger partial charge in [0.25, 0.3) is 0 Å². The van der Waals surface area contributed by atoms with Crippen LogP contribution < -0.4 is 5.32 Å². The largest absolute Gasteiger partial charge is 0.465 e. The minimum Gasteiger partial charge on any atom is -0.465 e. The standard InChI is InChI=1S/C19H21ClN2O3/c1-3-18(22-25-12-14-6-4-5-13(2)9-14)15-7-8-17(20)16(10-15)11-21-19(23)24/h4-10,21H,3,11-12H2,1-2H3,(H,23,24). The van der Waals surface area contributed by atoms with Gasteiger partial charge in [0.05, 0.1) is 5.71 Å². The predicted molar refractivity (Wildman–Crippen MR) is 99.1 cm³/mol. The summed E-state index contributed by atoms with van der Waals surface area (Å²) in [4.78, 5) is 16.2. The highest BCUT2D eigenvalue weighted by Gasteiger charge is 2.08. The van der Waals surface area contributed by atoms with Gasteiger partial charge in [-0.1, -0.05) is 59.6 Å². The second-order valence-corrected chi connectivity index (χ2v) is 6.03. The second-order valence-electron chi connectivity index (χ2n) is 5.62. The van der Waals surface area contributed by atoms with E-state index in [0.717, 1.165) is 16.8 Å². The molecular formula is C19H21ClN2O3. The Hall–Kier alpha value is -2.53. The lowest BCUT2D eigenvalue weighted by Crippen LogP contribution is -2.20. The number of halogens is 1. The molecule has 2 aromatic carbocycles. The molecule has 0 bridgehead atoms.